The summed E-state index contributed by atoms with van der Waals surface area (Å²) in [6.07, 6.45) is 2.32. The quantitative estimate of drug-likeness (QED) is 0.367. The highest BCUT2D eigenvalue weighted by Crippen LogP contribution is 2.13. The Morgan fingerprint density at radius 2 is 2.07 bits per heavy atom. The number of ether oxygens (including phenoxy) is 2. The Morgan fingerprint density at radius 3 is 2.77 bits per heavy atom. The van der Waals surface area contributed by atoms with E-state index in [0.717, 1.165) is 42.1 Å². The van der Waals surface area contributed by atoms with Gasteiger partial charge in [-0.05, 0) is 62.7 Å². The second-order valence-corrected chi connectivity index (χ2v) is 7.49. The minimum absolute atomic E-state index is 0.192. The van der Waals surface area contributed by atoms with E-state index < -0.39 is 0 Å². The van der Waals surface area contributed by atoms with Crippen LogP contribution in [0.1, 0.15) is 29.8 Å². The molecule has 1 unspecified atom stereocenters. The lowest BCUT2D eigenvalue weighted by molar-refractivity contribution is 0.114. The Labute approximate surface area is 182 Å². The van der Waals surface area contributed by atoms with Gasteiger partial charge in [-0.3, -0.25) is 5.32 Å². The van der Waals surface area contributed by atoms with Crippen LogP contribution in [-0.4, -0.2) is 47.4 Å². The number of guanidine groups is 1. The Morgan fingerprint density at radius 1 is 1.27 bits per heavy atom. The molecule has 0 amide bonds. The van der Waals surface area contributed by atoms with Crippen molar-refractivity contribution in [2.45, 2.75) is 39.3 Å². The van der Waals surface area contributed by atoms with E-state index in [1.165, 1.54) is 0 Å². The second kappa shape index (κ2) is 10.8. The van der Waals surface area contributed by atoms with E-state index in [0.29, 0.717) is 30.1 Å². The van der Waals surface area contributed by atoms with Crippen molar-refractivity contribution in [2.75, 3.05) is 25.6 Å². The minimum atomic E-state index is 0.192. The van der Waals surface area contributed by atoms with Crippen LogP contribution in [0.15, 0.2) is 35.3 Å². The number of rotatable bonds is 6. The average Bonchev–Trinajstić information content (AvgIpc) is 3.23. The number of aryl methyl sites for hydroxylation is 2. The maximum Gasteiger partial charge on any atom is 0.229 e. The first-order valence-corrected chi connectivity index (χ1v) is 10.4. The Kier molecular flexibility index (Phi) is 7.92. The van der Waals surface area contributed by atoms with Gasteiger partial charge in [-0.15, -0.1) is 0 Å². The van der Waals surface area contributed by atoms with Crippen LogP contribution in [0.2, 0.25) is 0 Å². The SMILES string of the molecule is COc1cccc(CN=C(NC(=S)NCC2CCCO2)Nc2nc(C)cc(C)n2)c1. The summed E-state index contributed by atoms with van der Waals surface area (Å²) in [7, 11) is 1.65. The summed E-state index contributed by atoms with van der Waals surface area (Å²) in [6, 6.07) is 9.69. The zero-order chi connectivity index (χ0) is 21.3. The highest BCUT2D eigenvalue weighted by molar-refractivity contribution is 7.80. The van der Waals surface area contributed by atoms with Crippen LogP contribution in [0.25, 0.3) is 0 Å². The molecule has 3 N–H and O–H groups in total. The van der Waals surface area contributed by atoms with E-state index in [1.807, 2.05) is 44.2 Å². The number of benzene rings is 1. The van der Waals surface area contributed by atoms with E-state index in [2.05, 4.69) is 30.9 Å². The van der Waals surface area contributed by atoms with E-state index in [1.54, 1.807) is 7.11 Å². The molecule has 0 radical (unpaired) electrons. The van der Waals surface area contributed by atoms with Gasteiger partial charge in [-0.25, -0.2) is 15.0 Å². The molecule has 1 atom stereocenters. The molecule has 1 aromatic carbocycles. The number of hydrogen-bond donors (Lipinski definition) is 3. The molecule has 9 heteroatoms. The Balaban J connectivity index is 1.70. The standard InChI is InChI=1S/C21H28N6O2S/c1-14-10-15(2)25-20(24-14)26-19(22-12-16-6-4-7-17(11-16)28-3)27-21(30)23-13-18-8-5-9-29-18/h4,6-7,10-11,18H,5,8-9,12-13H2,1-3H3,(H3,22,23,24,25,26,27,30). The molecule has 1 aliphatic rings. The predicted octanol–water partition coefficient (Wildman–Crippen LogP) is 2.71. The number of methoxy groups -OCH3 is 1. The van der Waals surface area contributed by atoms with Crippen molar-refractivity contribution >= 4 is 29.2 Å². The van der Waals surface area contributed by atoms with Gasteiger partial charge in [-0.1, -0.05) is 12.1 Å². The summed E-state index contributed by atoms with van der Waals surface area (Å²) in [5, 5.41) is 9.92. The summed E-state index contributed by atoms with van der Waals surface area (Å²) in [5.74, 6) is 1.72. The van der Waals surface area contributed by atoms with Gasteiger partial charge in [0.1, 0.15) is 5.75 Å². The van der Waals surface area contributed by atoms with Gasteiger partial charge in [0.2, 0.25) is 11.9 Å². The number of nitrogens with one attached hydrogen (secondary N) is 3. The first-order chi connectivity index (χ1) is 14.5. The fourth-order valence-electron chi connectivity index (χ4n) is 3.10. The van der Waals surface area contributed by atoms with E-state index in [4.69, 9.17) is 21.7 Å². The van der Waals surface area contributed by atoms with Crippen molar-refractivity contribution in [3.05, 3.63) is 47.3 Å². The van der Waals surface area contributed by atoms with Crippen LogP contribution in [0.4, 0.5) is 5.95 Å². The van der Waals surface area contributed by atoms with Crippen molar-refractivity contribution in [3.8, 4) is 5.75 Å². The molecule has 1 aliphatic heterocycles. The third kappa shape index (κ3) is 6.93. The summed E-state index contributed by atoms with van der Waals surface area (Å²) < 4.78 is 10.9. The fraction of sp³-hybridized carbons (Fsp3) is 0.429. The summed E-state index contributed by atoms with van der Waals surface area (Å²) >= 11 is 5.44. The maximum atomic E-state index is 5.63. The number of thiocarbonyl (C=S) groups is 1. The zero-order valence-electron chi connectivity index (χ0n) is 17.6. The third-order valence-electron chi connectivity index (χ3n) is 4.51. The highest BCUT2D eigenvalue weighted by Gasteiger charge is 2.15. The molecule has 1 saturated heterocycles. The molecular formula is C21H28N6O2S. The van der Waals surface area contributed by atoms with Crippen molar-refractivity contribution in [3.63, 3.8) is 0 Å². The lowest BCUT2D eigenvalue weighted by atomic mass is 10.2. The van der Waals surface area contributed by atoms with Gasteiger partial charge < -0.3 is 20.1 Å². The molecule has 2 aromatic rings. The van der Waals surface area contributed by atoms with Crippen molar-refractivity contribution in [1.82, 2.24) is 20.6 Å². The Bertz CT molecular complexity index is 879. The van der Waals surface area contributed by atoms with Crippen LogP contribution >= 0.6 is 12.2 Å². The number of hydrogen-bond acceptors (Lipinski definition) is 6. The molecule has 160 valence electrons. The van der Waals surface area contributed by atoms with Gasteiger partial charge in [0.15, 0.2) is 5.11 Å². The molecular weight excluding hydrogens is 400 g/mol. The summed E-state index contributed by atoms with van der Waals surface area (Å²) in [5.41, 5.74) is 2.75. The van der Waals surface area contributed by atoms with Crippen molar-refractivity contribution in [1.29, 1.82) is 0 Å². The van der Waals surface area contributed by atoms with E-state index in [-0.39, 0.29) is 6.10 Å². The summed E-state index contributed by atoms with van der Waals surface area (Å²) in [4.78, 5) is 13.5. The maximum absolute atomic E-state index is 5.63. The zero-order valence-corrected chi connectivity index (χ0v) is 18.4. The van der Waals surface area contributed by atoms with Gasteiger partial charge in [0.25, 0.3) is 0 Å². The monoisotopic (exact) mass is 428 g/mol. The number of aromatic nitrogens is 2. The number of aliphatic imine (C=N–C) groups is 1. The molecule has 1 fully saturated rings. The molecule has 2 heterocycles. The van der Waals surface area contributed by atoms with Gasteiger partial charge >= 0.3 is 0 Å². The second-order valence-electron chi connectivity index (χ2n) is 7.09. The van der Waals surface area contributed by atoms with Crippen LogP contribution in [0, 0.1) is 13.8 Å². The molecule has 0 saturated carbocycles. The lowest BCUT2D eigenvalue weighted by Crippen LogP contribution is -2.45. The van der Waals surface area contributed by atoms with Crippen LogP contribution in [0.3, 0.4) is 0 Å². The van der Waals surface area contributed by atoms with Crippen LogP contribution < -0.4 is 20.7 Å². The molecule has 8 nitrogen and oxygen atoms in total. The van der Waals surface area contributed by atoms with Crippen LogP contribution in [0.5, 0.6) is 5.75 Å². The van der Waals surface area contributed by atoms with E-state index >= 15 is 0 Å². The minimum Gasteiger partial charge on any atom is -0.497 e. The molecule has 30 heavy (non-hydrogen) atoms. The summed E-state index contributed by atoms with van der Waals surface area (Å²) in [6.45, 7) is 5.76. The van der Waals surface area contributed by atoms with Gasteiger partial charge in [-0.2, -0.15) is 0 Å². The molecule has 0 spiro atoms. The largest absolute Gasteiger partial charge is 0.497 e. The molecule has 1 aromatic heterocycles. The van der Waals surface area contributed by atoms with Gasteiger partial charge in [0.05, 0.1) is 19.8 Å². The fourth-order valence-corrected chi connectivity index (χ4v) is 3.28. The van der Waals surface area contributed by atoms with Crippen molar-refractivity contribution < 1.29 is 9.47 Å². The first-order valence-electron chi connectivity index (χ1n) is 9.95. The van der Waals surface area contributed by atoms with Crippen molar-refractivity contribution in [2.24, 2.45) is 4.99 Å². The van der Waals surface area contributed by atoms with E-state index in [9.17, 15) is 0 Å². The number of anilines is 1. The smallest absolute Gasteiger partial charge is 0.229 e. The number of nitrogens with zero attached hydrogens (tertiary/aromatic N) is 3. The molecule has 0 aliphatic carbocycles. The highest BCUT2D eigenvalue weighted by atomic mass is 32.1. The third-order valence-corrected chi connectivity index (χ3v) is 4.76. The lowest BCUT2D eigenvalue weighted by Gasteiger charge is -2.16. The molecule has 0 bridgehead atoms. The van der Waals surface area contributed by atoms with Crippen LogP contribution in [-0.2, 0) is 11.3 Å². The normalized spacial score (nSPS) is 16.2. The van der Waals surface area contributed by atoms with Gasteiger partial charge in [0, 0.05) is 24.5 Å². The Hall–Kier alpha value is -2.78. The first kappa shape index (κ1) is 21.9. The topological polar surface area (TPSA) is 92.7 Å². The predicted molar refractivity (Wildman–Crippen MR) is 122 cm³/mol. The molecule has 3 rings (SSSR count). The average molecular weight is 429 g/mol.